The van der Waals surface area contributed by atoms with E-state index in [2.05, 4.69) is 34.9 Å². The zero-order valence-electron chi connectivity index (χ0n) is 12.2. The average molecular weight is 279 g/mol. The fourth-order valence-electron chi connectivity index (χ4n) is 3.23. The zero-order chi connectivity index (χ0) is 14.4. The molecule has 1 aliphatic rings. The van der Waals surface area contributed by atoms with Crippen molar-refractivity contribution in [3.05, 3.63) is 48.0 Å². The topological polar surface area (TPSA) is 23.4 Å². The highest BCUT2D eigenvalue weighted by molar-refractivity contribution is 5.89. The van der Waals surface area contributed by atoms with Crippen molar-refractivity contribution in [3.63, 3.8) is 0 Å². The number of fused-ring (bicyclic) bond motifs is 5. The van der Waals surface area contributed by atoms with Gasteiger partial charge in [0.1, 0.15) is 11.5 Å². The molecule has 4 rings (SSSR count). The molecule has 0 radical (unpaired) electrons. The van der Waals surface area contributed by atoms with Crippen LogP contribution in [-0.2, 0) is 13.0 Å². The fourth-order valence-corrected chi connectivity index (χ4v) is 3.23. The SMILES string of the molecule is COc1ccc2c(c1)CCn1c-2cc2cc(OC)ccc21. The van der Waals surface area contributed by atoms with E-state index in [0.29, 0.717) is 0 Å². The van der Waals surface area contributed by atoms with Gasteiger partial charge in [0.25, 0.3) is 0 Å². The highest BCUT2D eigenvalue weighted by Gasteiger charge is 2.19. The molecule has 3 heteroatoms. The first-order valence-corrected chi connectivity index (χ1v) is 7.15. The largest absolute Gasteiger partial charge is 0.497 e. The molecule has 0 bridgehead atoms. The van der Waals surface area contributed by atoms with Gasteiger partial charge < -0.3 is 14.0 Å². The van der Waals surface area contributed by atoms with Gasteiger partial charge in [-0.2, -0.15) is 0 Å². The minimum absolute atomic E-state index is 0.903. The van der Waals surface area contributed by atoms with Crippen molar-refractivity contribution in [1.29, 1.82) is 0 Å². The lowest BCUT2D eigenvalue weighted by atomic mass is 9.98. The number of methoxy groups -OCH3 is 2. The van der Waals surface area contributed by atoms with E-state index in [1.54, 1.807) is 14.2 Å². The molecule has 2 aromatic carbocycles. The monoisotopic (exact) mass is 279 g/mol. The van der Waals surface area contributed by atoms with Gasteiger partial charge in [-0.1, -0.05) is 0 Å². The maximum Gasteiger partial charge on any atom is 0.119 e. The second-order valence-corrected chi connectivity index (χ2v) is 5.38. The molecular formula is C18H17NO2. The Kier molecular flexibility index (Phi) is 2.67. The van der Waals surface area contributed by atoms with Crippen LogP contribution in [-0.4, -0.2) is 18.8 Å². The van der Waals surface area contributed by atoms with Gasteiger partial charge >= 0.3 is 0 Å². The highest BCUT2D eigenvalue weighted by Crippen LogP contribution is 2.37. The van der Waals surface area contributed by atoms with Gasteiger partial charge in [0.2, 0.25) is 0 Å². The minimum Gasteiger partial charge on any atom is -0.497 e. The third-order valence-corrected chi connectivity index (χ3v) is 4.30. The molecule has 0 spiro atoms. The molecule has 1 aromatic heterocycles. The Morgan fingerprint density at radius 1 is 0.905 bits per heavy atom. The number of nitrogens with zero attached hydrogens (tertiary/aromatic N) is 1. The summed E-state index contributed by atoms with van der Waals surface area (Å²) in [4.78, 5) is 0. The van der Waals surface area contributed by atoms with Crippen LogP contribution in [0.15, 0.2) is 42.5 Å². The second kappa shape index (κ2) is 4.55. The molecule has 0 saturated carbocycles. The van der Waals surface area contributed by atoms with Gasteiger partial charge in [-0.05, 0) is 54.4 Å². The number of hydrogen-bond donors (Lipinski definition) is 0. The van der Waals surface area contributed by atoms with E-state index < -0.39 is 0 Å². The van der Waals surface area contributed by atoms with Crippen LogP contribution in [0.5, 0.6) is 11.5 Å². The highest BCUT2D eigenvalue weighted by atomic mass is 16.5. The molecule has 0 fully saturated rings. The third-order valence-electron chi connectivity index (χ3n) is 4.30. The molecule has 3 nitrogen and oxygen atoms in total. The molecule has 1 aliphatic heterocycles. The lowest BCUT2D eigenvalue weighted by Crippen LogP contribution is -2.10. The number of ether oxygens (including phenoxy) is 2. The first-order valence-electron chi connectivity index (χ1n) is 7.15. The fraction of sp³-hybridized carbons (Fsp3) is 0.222. The predicted molar refractivity (Wildman–Crippen MR) is 84.2 cm³/mol. The molecule has 0 N–H and O–H groups in total. The molecule has 0 aliphatic carbocycles. The van der Waals surface area contributed by atoms with E-state index in [0.717, 1.165) is 24.5 Å². The summed E-state index contributed by atoms with van der Waals surface area (Å²) in [6.07, 6.45) is 1.04. The Hall–Kier alpha value is -2.42. The van der Waals surface area contributed by atoms with Crippen molar-refractivity contribution in [1.82, 2.24) is 4.57 Å². The van der Waals surface area contributed by atoms with E-state index >= 15 is 0 Å². The van der Waals surface area contributed by atoms with Gasteiger partial charge in [0, 0.05) is 28.7 Å². The standard InChI is InChI=1S/C18H17NO2/c1-20-14-3-5-16-12(9-14)7-8-19-17-6-4-15(21-2)10-13(17)11-18(16)19/h3-6,9-11H,7-8H2,1-2H3. The van der Waals surface area contributed by atoms with Gasteiger partial charge in [0.15, 0.2) is 0 Å². The number of aryl methyl sites for hydroxylation is 2. The van der Waals surface area contributed by atoms with Crippen LogP contribution < -0.4 is 9.47 Å². The summed E-state index contributed by atoms with van der Waals surface area (Å²) in [5, 5.41) is 1.23. The van der Waals surface area contributed by atoms with Crippen molar-refractivity contribution in [2.45, 2.75) is 13.0 Å². The summed E-state index contributed by atoms with van der Waals surface area (Å²) in [6, 6.07) is 14.9. The van der Waals surface area contributed by atoms with Crippen LogP contribution >= 0.6 is 0 Å². The molecule has 0 saturated heterocycles. The summed E-state index contributed by atoms with van der Waals surface area (Å²) in [5.74, 6) is 1.83. The summed E-state index contributed by atoms with van der Waals surface area (Å²) in [5.41, 5.74) is 5.21. The van der Waals surface area contributed by atoms with E-state index in [-0.39, 0.29) is 0 Å². The summed E-state index contributed by atoms with van der Waals surface area (Å²) in [7, 11) is 3.42. The molecule has 0 amide bonds. The van der Waals surface area contributed by atoms with Crippen molar-refractivity contribution in [2.75, 3.05) is 14.2 Å². The van der Waals surface area contributed by atoms with Crippen LogP contribution in [0.3, 0.4) is 0 Å². The lowest BCUT2D eigenvalue weighted by Gasteiger charge is -2.20. The normalized spacial score (nSPS) is 12.9. The number of aromatic nitrogens is 1. The van der Waals surface area contributed by atoms with Crippen molar-refractivity contribution in [2.24, 2.45) is 0 Å². The zero-order valence-corrected chi connectivity index (χ0v) is 12.2. The summed E-state index contributed by atoms with van der Waals surface area (Å²) >= 11 is 0. The molecule has 0 atom stereocenters. The Bertz CT molecular complexity index is 833. The average Bonchev–Trinajstić information content (AvgIpc) is 2.92. The number of hydrogen-bond acceptors (Lipinski definition) is 2. The van der Waals surface area contributed by atoms with E-state index in [4.69, 9.17) is 9.47 Å². The molecule has 106 valence electrons. The molecule has 21 heavy (non-hydrogen) atoms. The molecule has 2 heterocycles. The molecular weight excluding hydrogens is 262 g/mol. The predicted octanol–water partition coefficient (Wildman–Crippen LogP) is 3.88. The Morgan fingerprint density at radius 3 is 2.48 bits per heavy atom. The lowest BCUT2D eigenvalue weighted by molar-refractivity contribution is 0.414. The van der Waals surface area contributed by atoms with Crippen LogP contribution in [0.1, 0.15) is 5.56 Å². The van der Waals surface area contributed by atoms with Crippen LogP contribution in [0.2, 0.25) is 0 Å². The Balaban J connectivity index is 1.93. The maximum atomic E-state index is 5.33. The Morgan fingerprint density at radius 2 is 1.67 bits per heavy atom. The van der Waals surface area contributed by atoms with Crippen molar-refractivity contribution >= 4 is 10.9 Å². The maximum absolute atomic E-state index is 5.33. The van der Waals surface area contributed by atoms with Crippen molar-refractivity contribution < 1.29 is 9.47 Å². The van der Waals surface area contributed by atoms with Crippen LogP contribution in [0.25, 0.3) is 22.2 Å². The summed E-state index contributed by atoms with van der Waals surface area (Å²) in [6.45, 7) is 1.01. The first-order chi connectivity index (χ1) is 10.3. The van der Waals surface area contributed by atoms with Gasteiger partial charge in [-0.15, -0.1) is 0 Å². The number of rotatable bonds is 2. The second-order valence-electron chi connectivity index (χ2n) is 5.38. The molecule has 0 unspecified atom stereocenters. The van der Waals surface area contributed by atoms with Gasteiger partial charge in [-0.3, -0.25) is 0 Å². The van der Waals surface area contributed by atoms with Crippen LogP contribution in [0, 0.1) is 0 Å². The quantitative estimate of drug-likeness (QED) is 0.710. The minimum atomic E-state index is 0.903. The van der Waals surface area contributed by atoms with Gasteiger partial charge in [0.05, 0.1) is 14.2 Å². The van der Waals surface area contributed by atoms with Crippen molar-refractivity contribution in [3.8, 4) is 22.8 Å². The van der Waals surface area contributed by atoms with Gasteiger partial charge in [-0.25, -0.2) is 0 Å². The smallest absolute Gasteiger partial charge is 0.119 e. The third kappa shape index (κ3) is 1.81. The van der Waals surface area contributed by atoms with Crippen LogP contribution in [0.4, 0.5) is 0 Å². The Labute approximate surface area is 123 Å². The van der Waals surface area contributed by atoms with E-state index in [1.165, 1.54) is 27.7 Å². The van der Waals surface area contributed by atoms with E-state index in [1.807, 2.05) is 12.1 Å². The molecule has 3 aromatic rings. The summed E-state index contributed by atoms with van der Waals surface area (Å²) < 4.78 is 13.1. The van der Waals surface area contributed by atoms with E-state index in [9.17, 15) is 0 Å². The number of benzene rings is 2. The first kappa shape index (κ1) is 12.3.